The molecule has 6 nitrogen and oxygen atoms in total. The normalized spacial score (nSPS) is 12.2. The number of nitro groups is 1. The average molecular weight is 247 g/mol. The largest absolute Gasteiger partial charge is 0.394 e. The van der Waals surface area contributed by atoms with E-state index in [9.17, 15) is 10.1 Å². The summed E-state index contributed by atoms with van der Waals surface area (Å²) in [6.07, 6.45) is -0.963. The zero-order chi connectivity index (χ0) is 12.1. The third-order valence-corrected chi connectivity index (χ3v) is 2.13. The van der Waals surface area contributed by atoms with Crippen LogP contribution in [0.2, 0.25) is 5.02 Å². The number of anilines is 1. The first-order chi connectivity index (χ1) is 7.54. The van der Waals surface area contributed by atoms with Crippen LogP contribution in [0.1, 0.15) is 0 Å². The average Bonchev–Trinajstić information content (AvgIpc) is 2.26. The summed E-state index contributed by atoms with van der Waals surface area (Å²) in [5.41, 5.74) is 0.0829. The molecule has 0 amide bonds. The molecule has 0 bridgehead atoms. The van der Waals surface area contributed by atoms with E-state index in [0.29, 0.717) is 0 Å². The zero-order valence-electron chi connectivity index (χ0n) is 8.26. The summed E-state index contributed by atoms with van der Waals surface area (Å²) in [7, 11) is 0. The fourth-order valence-electron chi connectivity index (χ4n) is 1.10. The van der Waals surface area contributed by atoms with Gasteiger partial charge in [-0.3, -0.25) is 10.1 Å². The summed E-state index contributed by atoms with van der Waals surface area (Å²) in [6, 6.07) is 4.17. The summed E-state index contributed by atoms with van der Waals surface area (Å²) in [4.78, 5) is 10.1. The van der Waals surface area contributed by atoms with E-state index in [2.05, 4.69) is 5.32 Å². The van der Waals surface area contributed by atoms with Crippen molar-refractivity contribution in [2.24, 2.45) is 0 Å². The van der Waals surface area contributed by atoms with Crippen LogP contribution in [0.15, 0.2) is 18.2 Å². The molecule has 1 aromatic rings. The number of hydrogen-bond donors (Lipinski definition) is 3. The van der Waals surface area contributed by atoms with Crippen LogP contribution >= 0.6 is 11.6 Å². The molecule has 0 radical (unpaired) electrons. The number of rotatable bonds is 5. The molecule has 0 saturated carbocycles. The first-order valence-corrected chi connectivity index (χ1v) is 4.89. The summed E-state index contributed by atoms with van der Waals surface area (Å²) in [6.45, 7) is -0.382. The first-order valence-electron chi connectivity index (χ1n) is 4.51. The SMILES string of the molecule is O=[N+]([O-])c1cc(Cl)ccc1NCC(O)CO. The molecule has 0 heterocycles. The van der Waals surface area contributed by atoms with Crippen LogP contribution in [0.3, 0.4) is 0 Å². The van der Waals surface area contributed by atoms with E-state index in [4.69, 9.17) is 21.8 Å². The minimum absolute atomic E-state index is 0.0268. The second kappa shape index (κ2) is 5.64. The molecule has 1 rings (SSSR count). The third kappa shape index (κ3) is 3.34. The summed E-state index contributed by atoms with van der Waals surface area (Å²) >= 11 is 5.63. The van der Waals surface area contributed by atoms with Gasteiger partial charge in [0, 0.05) is 17.6 Å². The zero-order valence-corrected chi connectivity index (χ0v) is 9.02. The Morgan fingerprint density at radius 3 is 2.81 bits per heavy atom. The molecule has 0 aliphatic heterocycles. The molecular formula is C9H11ClN2O4. The second-order valence-electron chi connectivity index (χ2n) is 3.14. The van der Waals surface area contributed by atoms with Crippen molar-refractivity contribution in [1.82, 2.24) is 0 Å². The number of benzene rings is 1. The van der Waals surface area contributed by atoms with Crippen LogP contribution in [0.4, 0.5) is 11.4 Å². The number of nitro benzene ring substituents is 1. The van der Waals surface area contributed by atoms with E-state index in [1.165, 1.54) is 18.2 Å². The number of hydrogen-bond acceptors (Lipinski definition) is 5. The highest BCUT2D eigenvalue weighted by atomic mass is 35.5. The molecule has 0 fully saturated rings. The van der Waals surface area contributed by atoms with Gasteiger partial charge in [-0.25, -0.2) is 0 Å². The Hall–Kier alpha value is -1.37. The molecule has 16 heavy (non-hydrogen) atoms. The predicted octanol–water partition coefficient (Wildman–Crippen LogP) is 1.01. The quantitative estimate of drug-likeness (QED) is 0.532. The molecule has 88 valence electrons. The van der Waals surface area contributed by atoms with E-state index >= 15 is 0 Å². The fraction of sp³-hybridized carbons (Fsp3) is 0.333. The topological polar surface area (TPSA) is 95.6 Å². The monoisotopic (exact) mass is 246 g/mol. The van der Waals surface area contributed by atoms with Gasteiger partial charge in [0.2, 0.25) is 0 Å². The van der Waals surface area contributed by atoms with E-state index in [1.807, 2.05) is 0 Å². The van der Waals surface area contributed by atoms with E-state index in [1.54, 1.807) is 0 Å². The van der Waals surface area contributed by atoms with Gasteiger partial charge in [0.1, 0.15) is 5.69 Å². The van der Waals surface area contributed by atoms with Crippen LogP contribution in [0.25, 0.3) is 0 Å². The smallest absolute Gasteiger partial charge is 0.293 e. The molecular weight excluding hydrogens is 236 g/mol. The van der Waals surface area contributed by atoms with E-state index < -0.39 is 17.6 Å². The van der Waals surface area contributed by atoms with Crippen LogP contribution in [0, 0.1) is 10.1 Å². The Morgan fingerprint density at radius 1 is 1.56 bits per heavy atom. The third-order valence-electron chi connectivity index (χ3n) is 1.90. The molecule has 1 atom stereocenters. The summed E-state index contributed by atoms with van der Waals surface area (Å²) in [5.74, 6) is 0. The van der Waals surface area contributed by atoms with Crippen molar-refractivity contribution >= 4 is 23.0 Å². The van der Waals surface area contributed by atoms with Gasteiger partial charge < -0.3 is 15.5 Å². The lowest BCUT2D eigenvalue weighted by Gasteiger charge is -2.10. The maximum absolute atomic E-state index is 10.7. The molecule has 0 saturated heterocycles. The Bertz CT molecular complexity index is 386. The van der Waals surface area contributed by atoms with E-state index in [0.717, 1.165) is 0 Å². The number of nitrogens with one attached hydrogen (secondary N) is 1. The van der Waals surface area contributed by atoms with Crippen LogP contribution in [-0.2, 0) is 0 Å². The van der Waals surface area contributed by atoms with Crippen molar-refractivity contribution in [1.29, 1.82) is 0 Å². The van der Waals surface area contributed by atoms with Gasteiger partial charge in [-0.1, -0.05) is 11.6 Å². The second-order valence-corrected chi connectivity index (χ2v) is 3.57. The van der Waals surface area contributed by atoms with Gasteiger partial charge in [-0.05, 0) is 12.1 Å². The molecule has 0 aromatic heterocycles. The van der Waals surface area contributed by atoms with E-state index in [-0.39, 0.29) is 22.9 Å². The Labute approximate surface area is 96.6 Å². The number of aliphatic hydroxyl groups is 2. The molecule has 1 unspecified atom stereocenters. The molecule has 7 heteroatoms. The fourth-order valence-corrected chi connectivity index (χ4v) is 1.26. The van der Waals surface area contributed by atoms with Crippen molar-refractivity contribution in [3.05, 3.63) is 33.3 Å². The predicted molar refractivity (Wildman–Crippen MR) is 59.7 cm³/mol. The minimum atomic E-state index is -0.963. The lowest BCUT2D eigenvalue weighted by molar-refractivity contribution is -0.383. The maximum atomic E-state index is 10.7. The first kappa shape index (κ1) is 12.7. The molecule has 1 aromatic carbocycles. The molecule has 0 aliphatic rings. The molecule has 3 N–H and O–H groups in total. The van der Waals surface area contributed by atoms with Crippen molar-refractivity contribution in [2.45, 2.75) is 6.10 Å². The van der Waals surface area contributed by atoms with Crippen molar-refractivity contribution in [3.8, 4) is 0 Å². The molecule has 0 spiro atoms. The highest BCUT2D eigenvalue weighted by Crippen LogP contribution is 2.27. The lowest BCUT2D eigenvalue weighted by Crippen LogP contribution is -2.23. The van der Waals surface area contributed by atoms with Crippen molar-refractivity contribution < 1.29 is 15.1 Å². The maximum Gasteiger partial charge on any atom is 0.293 e. The van der Waals surface area contributed by atoms with Gasteiger partial charge in [-0.2, -0.15) is 0 Å². The standard InChI is InChI=1S/C9H11ClN2O4/c10-6-1-2-8(9(3-6)12(15)16)11-4-7(14)5-13/h1-3,7,11,13-14H,4-5H2. The number of aliphatic hydroxyl groups excluding tert-OH is 2. The van der Waals surface area contributed by atoms with Crippen LogP contribution < -0.4 is 5.32 Å². The number of halogens is 1. The van der Waals surface area contributed by atoms with Gasteiger partial charge in [0.15, 0.2) is 0 Å². The Morgan fingerprint density at radius 2 is 2.25 bits per heavy atom. The van der Waals surface area contributed by atoms with Gasteiger partial charge >= 0.3 is 0 Å². The highest BCUT2D eigenvalue weighted by Gasteiger charge is 2.14. The van der Waals surface area contributed by atoms with Crippen LogP contribution in [0.5, 0.6) is 0 Å². The van der Waals surface area contributed by atoms with Crippen LogP contribution in [-0.4, -0.2) is 34.4 Å². The van der Waals surface area contributed by atoms with Gasteiger partial charge in [-0.15, -0.1) is 0 Å². The molecule has 0 aliphatic carbocycles. The highest BCUT2D eigenvalue weighted by molar-refractivity contribution is 6.30. The Kier molecular flexibility index (Phi) is 4.48. The lowest BCUT2D eigenvalue weighted by atomic mass is 10.2. The summed E-state index contributed by atoms with van der Waals surface area (Å²) < 4.78 is 0. The van der Waals surface area contributed by atoms with Crippen molar-refractivity contribution in [2.75, 3.05) is 18.5 Å². The van der Waals surface area contributed by atoms with Gasteiger partial charge in [0.25, 0.3) is 5.69 Å². The Balaban J connectivity index is 2.82. The minimum Gasteiger partial charge on any atom is -0.394 e. The van der Waals surface area contributed by atoms with Crippen molar-refractivity contribution in [3.63, 3.8) is 0 Å². The summed E-state index contributed by atoms with van der Waals surface area (Å²) in [5, 5.41) is 31.3. The number of nitrogens with zero attached hydrogens (tertiary/aromatic N) is 1. The van der Waals surface area contributed by atoms with Gasteiger partial charge in [0.05, 0.1) is 17.6 Å².